The first kappa shape index (κ1) is 26.3. The molecular formula is C27H40N4O5. The zero-order valence-electron chi connectivity index (χ0n) is 22.0. The quantitative estimate of drug-likeness (QED) is 0.622. The second kappa shape index (κ2) is 11.1. The van der Waals surface area contributed by atoms with Crippen molar-refractivity contribution in [3.63, 3.8) is 0 Å². The summed E-state index contributed by atoms with van der Waals surface area (Å²) in [6.45, 7) is 12.1. The van der Waals surface area contributed by atoms with Gasteiger partial charge in [0, 0.05) is 69.6 Å². The predicted molar refractivity (Wildman–Crippen MR) is 137 cm³/mol. The van der Waals surface area contributed by atoms with Gasteiger partial charge in [-0.05, 0) is 52.0 Å². The first-order valence-electron chi connectivity index (χ1n) is 13.1. The molecule has 3 heterocycles. The lowest BCUT2D eigenvalue weighted by molar-refractivity contribution is -0.134. The van der Waals surface area contributed by atoms with Gasteiger partial charge in [-0.2, -0.15) is 0 Å². The Morgan fingerprint density at radius 3 is 2.33 bits per heavy atom. The number of nitrogens with zero attached hydrogens (tertiary/aromatic N) is 3. The van der Waals surface area contributed by atoms with Crippen molar-refractivity contribution in [3.05, 3.63) is 23.8 Å². The van der Waals surface area contributed by atoms with Crippen molar-refractivity contribution in [2.24, 2.45) is 5.92 Å². The normalized spacial score (nSPS) is 22.4. The standard InChI is InChI=1S/C27H40N4O5/c1-27(2,3)36-26(34)31-11-9-19(10-12-31)18-29-13-15-30(16-14-29)20-5-6-21(23(17-20)35-4)22-7-8-24(32)28-25(22)33/h5-6,17,19,22H,7-16,18H2,1-4H3,(H,28,32,33). The number of anilines is 1. The van der Waals surface area contributed by atoms with Crippen molar-refractivity contribution in [3.8, 4) is 5.75 Å². The fourth-order valence-electron chi connectivity index (χ4n) is 5.35. The van der Waals surface area contributed by atoms with Crippen molar-refractivity contribution in [2.75, 3.05) is 57.8 Å². The number of hydrogen-bond acceptors (Lipinski definition) is 7. The SMILES string of the molecule is COc1cc(N2CCN(CC3CCN(C(=O)OC(C)(C)C)CC3)CC2)ccc1C1CCC(=O)NC1=O. The lowest BCUT2D eigenvalue weighted by Crippen LogP contribution is -2.49. The molecule has 3 fully saturated rings. The first-order valence-corrected chi connectivity index (χ1v) is 13.1. The van der Waals surface area contributed by atoms with Crippen molar-refractivity contribution >= 4 is 23.6 Å². The molecule has 3 saturated heterocycles. The predicted octanol–water partition coefficient (Wildman–Crippen LogP) is 2.98. The molecule has 1 atom stereocenters. The van der Waals surface area contributed by atoms with Gasteiger partial charge in [-0.1, -0.05) is 6.07 Å². The van der Waals surface area contributed by atoms with Crippen LogP contribution in [0.2, 0.25) is 0 Å². The van der Waals surface area contributed by atoms with Crippen LogP contribution in [-0.4, -0.2) is 86.2 Å². The lowest BCUT2D eigenvalue weighted by atomic mass is 9.89. The molecule has 198 valence electrons. The van der Waals surface area contributed by atoms with Crippen LogP contribution >= 0.6 is 0 Å². The van der Waals surface area contributed by atoms with E-state index in [4.69, 9.17) is 9.47 Å². The molecular weight excluding hydrogens is 460 g/mol. The average Bonchev–Trinajstić information content (AvgIpc) is 2.84. The molecule has 3 amide bonds. The van der Waals surface area contributed by atoms with Crippen molar-refractivity contribution in [2.45, 2.75) is 58.0 Å². The monoisotopic (exact) mass is 500 g/mol. The molecule has 1 unspecified atom stereocenters. The van der Waals surface area contributed by atoms with Crippen LogP contribution in [-0.2, 0) is 14.3 Å². The van der Waals surface area contributed by atoms with E-state index in [-0.39, 0.29) is 23.8 Å². The highest BCUT2D eigenvalue weighted by Gasteiger charge is 2.31. The van der Waals surface area contributed by atoms with E-state index in [1.807, 2.05) is 37.8 Å². The molecule has 1 aromatic rings. The summed E-state index contributed by atoms with van der Waals surface area (Å²) in [5.74, 6) is 0.482. The summed E-state index contributed by atoms with van der Waals surface area (Å²) in [6, 6.07) is 6.05. The van der Waals surface area contributed by atoms with Crippen LogP contribution in [0, 0.1) is 5.92 Å². The summed E-state index contributed by atoms with van der Waals surface area (Å²) in [4.78, 5) is 42.9. The third-order valence-corrected chi connectivity index (χ3v) is 7.35. The van der Waals surface area contributed by atoms with Gasteiger partial charge in [0.05, 0.1) is 13.0 Å². The van der Waals surface area contributed by atoms with Crippen molar-refractivity contribution in [1.82, 2.24) is 15.1 Å². The maximum Gasteiger partial charge on any atom is 0.410 e. The zero-order chi connectivity index (χ0) is 25.9. The van der Waals surface area contributed by atoms with E-state index in [1.54, 1.807) is 7.11 Å². The van der Waals surface area contributed by atoms with Gasteiger partial charge in [-0.3, -0.25) is 19.8 Å². The minimum atomic E-state index is -0.455. The van der Waals surface area contributed by atoms with Crippen LogP contribution in [0.1, 0.15) is 57.9 Å². The third-order valence-electron chi connectivity index (χ3n) is 7.35. The Morgan fingerprint density at radius 2 is 1.72 bits per heavy atom. The maximum atomic E-state index is 12.3. The van der Waals surface area contributed by atoms with Gasteiger partial charge in [0.25, 0.3) is 0 Å². The molecule has 0 radical (unpaired) electrons. The van der Waals surface area contributed by atoms with Crippen LogP contribution in [0.5, 0.6) is 5.75 Å². The van der Waals surface area contributed by atoms with Crippen molar-refractivity contribution < 1.29 is 23.9 Å². The highest BCUT2D eigenvalue weighted by atomic mass is 16.6. The number of imide groups is 1. The van der Waals surface area contributed by atoms with Gasteiger partial charge in [-0.15, -0.1) is 0 Å². The maximum absolute atomic E-state index is 12.3. The number of methoxy groups -OCH3 is 1. The molecule has 0 spiro atoms. The average molecular weight is 501 g/mol. The van der Waals surface area contributed by atoms with Gasteiger partial charge in [0.15, 0.2) is 0 Å². The molecule has 9 heteroatoms. The molecule has 3 aliphatic heterocycles. The second-order valence-electron chi connectivity index (χ2n) is 11.1. The Morgan fingerprint density at radius 1 is 1.03 bits per heavy atom. The molecule has 0 aromatic heterocycles. The van der Waals surface area contributed by atoms with Gasteiger partial charge < -0.3 is 19.3 Å². The summed E-state index contributed by atoms with van der Waals surface area (Å²) in [5.41, 5.74) is 1.47. The van der Waals surface area contributed by atoms with E-state index in [0.717, 1.165) is 69.9 Å². The second-order valence-corrected chi connectivity index (χ2v) is 11.1. The molecule has 9 nitrogen and oxygen atoms in total. The zero-order valence-corrected chi connectivity index (χ0v) is 22.0. The van der Waals surface area contributed by atoms with Crippen LogP contribution in [0.3, 0.4) is 0 Å². The number of nitrogens with one attached hydrogen (secondary N) is 1. The number of hydrogen-bond donors (Lipinski definition) is 1. The van der Waals surface area contributed by atoms with E-state index >= 15 is 0 Å². The largest absolute Gasteiger partial charge is 0.496 e. The Kier molecular flexibility index (Phi) is 8.07. The van der Waals surface area contributed by atoms with E-state index in [2.05, 4.69) is 21.2 Å². The number of carbonyl (C=O) groups is 3. The highest BCUT2D eigenvalue weighted by molar-refractivity contribution is 6.01. The molecule has 36 heavy (non-hydrogen) atoms. The summed E-state index contributed by atoms with van der Waals surface area (Å²) in [7, 11) is 1.63. The lowest BCUT2D eigenvalue weighted by Gasteiger charge is -2.40. The summed E-state index contributed by atoms with van der Waals surface area (Å²) < 4.78 is 11.2. The number of piperazine rings is 1. The van der Waals surface area contributed by atoms with Crippen LogP contribution < -0.4 is 15.0 Å². The molecule has 1 aromatic carbocycles. The van der Waals surface area contributed by atoms with Crippen LogP contribution in [0.4, 0.5) is 10.5 Å². The van der Waals surface area contributed by atoms with E-state index in [9.17, 15) is 14.4 Å². The number of piperidine rings is 2. The van der Waals surface area contributed by atoms with Crippen LogP contribution in [0.15, 0.2) is 18.2 Å². The van der Waals surface area contributed by atoms with Gasteiger partial charge in [0.1, 0.15) is 11.4 Å². The Labute approximate surface area is 214 Å². The molecule has 0 bridgehead atoms. The van der Waals surface area contributed by atoms with Gasteiger partial charge in [0.2, 0.25) is 11.8 Å². The number of ether oxygens (including phenoxy) is 2. The van der Waals surface area contributed by atoms with Crippen molar-refractivity contribution in [1.29, 1.82) is 0 Å². The van der Waals surface area contributed by atoms with E-state index in [1.165, 1.54) is 0 Å². The van der Waals surface area contributed by atoms with Gasteiger partial charge >= 0.3 is 6.09 Å². The Hall–Kier alpha value is -2.81. The first-order chi connectivity index (χ1) is 17.1. The fraction of sp³-hybridized carbons (Fsp3) is 0.667. The Balaban J connectivity index is 1.26. The molecule has 1 N–H and O–H groups in total. The third kappa shape index (κ3) is 6.49. The van der Waals surface area contributed by atoms with Crippen LogP contribution in [0.25, 0.3) is 0 Å². The Bertz CT molecular complexity index is 959. The summed E-state index contributed by atoms with van der Waals surface area (Å²) >= 11 is 0. The molecule has 4 rings (SSSR count). The number of likely N-dealkylation sites (tertiary alicyclic amines) is 1. The number of carbonyl (C=O) groups excluding carboxylic acids is 3. The number of benzene rings is 1. The minimum absolute atomic E-state index is 0.200. The van der Waals surface area contributed by atoms with Gasteiger partial charge in [-0.25, -0.2) is 4.79 Å². The highest BCUT2D eigenvalue weighted by Crippen LogP contribution is 2.35. The topological polar surface area (TPSA) is 91.4 Å². The molecule has 0 saturated carbocycles. The minimum Gasteiger partial charge on any atom is -0.496 e. The summed E-state index contributed by atoms with van der Waals surface area (Å²) in [6.07, 6.45) is 2.68. The fourth-order valence-corrected chi connectivity index (χ4v) is 5.35. The van der Waals surface area contributed by atoms with E-state index in [0.29, 0.717) is 24.5 Å². The molecule has 0 aliphatic carbocycles. The number of amides is 3. The smallest absolute Gasteiger partial charge is 0.410 e. The summed E-state index contributed by atoms with van der Waals surface area (Å²) in [5, 5.41) is 2.44. The number of rotatable bonds is 5. The van der Waals surface area contributed by atoms with E-state index < -0.39 is 5.60 Å². The molecule has 3 aliphatic rings.